The van der Waals surface area contributed by atoms with E-state index in [-0.39, 0.29) is 17.7 Å². The third kappa shape index (κ3) is 3.52. The minimum atomic E-state index is -2.93. The number of carboxylic acid groups (broad SMARTS) is 1. The Bertz CT molecular complexity index is 371. The molecule has 90 valence electrons. The third-order valence-corrected chi connectivity index (χ3v) is 4.35. The van der Waals surface area contributed by atoms with Gasteiger partial charge in [-0.1, -0.05) is 0 Å². The number of hydrogen-bond donors (Lipinski definition) is 1. The predicted octanol–water partition coefficient (Wildman–Crippen LogP) is 4.17. The molecule has 0 bridgehead atoms. The van der Waals surface area contributed by atoms with Crippen LogP contribution in [0, 0.1) is 6.92 Å². The second-order valence-corrected chi connectivity index (χ2v) is 5.89. The highest BCUT2D eigenvalue weighted by molar-refractivity contribution is 9.11. The number of rotatable bonds is 5. The normalized spacial score (nSPS) is 11.8. The minimum Gasteiger partial charge on any atom is -0.481 e. The van der Waals surface area contributed by atoms with Crippen molar-refractivity contribution in [2.45, 2.75) is 32.1 Å². The Morgan fingerprint density at radius 2 is 2.25 bits per heavy atom. The van der Waals surface area contributed by atoms with Gasteiger partial charge in [0.15, 0.2) is 0 Å². The molecule has 0 atom stereocenters. The zero-order chi connectivity index (χ0) is 12.3. The van der Waals surface area contributed by atoms with Gasteiger partial charge in [-0.05, 0) is 40.9 Å². The fraction of sp³-hybridized carbons (Fsp3) is 0.500. The van der Waals surface area contributed by atoms with Crippen molar-refractivity contribution in [3.63, 3.8) is 0 Å². The number of aryl methyl sites for hydroxylation is 1. The van der Waals surface area contributed by atoms with Gasteiger partial charge in [-0.2, -0.15) is 0 Å². The van der Waals surface area contributed by atoms with Gasteiger partial charge in [0.2, 0.25) is 0 Å². The van der Waals surface area contributed by atoms with Crippen LogP contribution in [0.5, 0.6) is 0 Å². The summed E-state index contributed by atoms with van der Waals surface area (Å²) in [5.41, 5.74) is 0.776. The molecular formula is C10H11BrF2O2S. The summed E-state index contributed by atoms with van der Waals surface area (Å²) in [5.74, 6) is -3.98. The molecule has 0 fully saturated rings. The molecule has 6 heteroatoms. The van der Waals surface area contributed by atoms with Crippen LogP contribution < -0.4 is 0 Å². The van der Waals surface area contributed by atoms with Gasteiger partial charge in [0.25, 0.3) is 5.92 Å². The number of hydrogen-bond acceptors (Lipinski definition) is 2. The van der Waals surface area contributed by atoms with Crippen molar-refractivity contribution in [1.82, 2.24) is 0 Å². The number of thiophene rings is 1. The van der Waals surface area contributed by atoms with E-state index in [0.29, 0.717) is 3.79 Å². The molecule has 0 spiro atoms. The molecule has 0 aliphatic carbocycles. The van der Waals surface area contributed by atoms with Gasteiger partial charge in [-0.15, -0.1) is 11.3 Å². The van der Waals surface area contributed by atoms with Crippen LogP contribution in [0.2, 0.25) is 0 Å². The average Bonchev–Trinajstić information content (AvgIpc) is 2.46. The van der Waals surface area contributed by atoms with E-state index in [0.717, 1.165) is 16.9 Å². The number of carbonyl (C=O) groups is 1. The molecule has 1 aromatic heterocycles. The molecule has 0 amide bonds. The number of alkyl halides is 2. The SMILES string of the molecule is Cc1cc(C(F)(F)CCCC(=O)O)sc1Br. The molecule has 0 aromatic carbocycles. The lowest BCUT2D eigenvalue weighted by molar-refractivity contribution is -0.137. The maximum atomic E-state index is 13.6. The molecule has 16 heavy (non-hydrogen) atoms. The third-order valence-electron chi connectivity index (χ3n) is 2.10. The molecule has 0 unspecified atom stereocenters. The quantitative estimate of drug-likeness (QED) is 0.886. The van der Waals surface area contributed by atoms with Crippen LogP contribution in [-0.4, -0.2) is 11.1 Å². The lowest BCUT2D eigenvalue weighted by Gasteiger charge is -2.13. The van der Waals surface area contributed by atoms with Gasteiger partial charge in [0.1, 0.15) is 0 Å². The Morgan fingerprint density at radius 3 is 2.69 bits per heavy atom. The highest BCUT2D eigenvalue weighted by Gasteiger charge is 2.33. The highest BCUT2D eigenvalue weighted by Crippen LogP contribution is 2.40. The Hall–Kier alpha value is -0.490. The van der Waals surface area contributed by atoms with Crippen LogP contribution in [-0.2, 0) is 10.7 Å². The van der Waals surface area contributed by atoms with Crippen molar-refractivity contribution in [3.8, 4) is 0 Å². The van der Waals surface area contributed by atoms with Crippen LogP contribution in [0.1, 0.15) is 29.7 Å². The van der Waals surface area contributed by atoms with Crippen molar-refractivity contribution < 1.29 is 18.7 Å². The summed E-state index contributed by atoms with van der Waals surface area (Å²) < 4.78 is 27.9. The first-order valence-corrected chi connectivity index (χ1v) is 6.30. The summed E-state index contributed by atoms with van der Waals surface area (Å²) in [6, 6.07) is 1.44. The summed E-state index contributed by atoms with van der Waals surface area (Å²) in [5, 5.41) is 8.38. The van der Waals surface area contributed by atoms with E-state index in [4.69, 9.17) is 5.11 Å². The molecule has 1 rings (SSSR count). The van der Waals surface area contributed by atoms with Gasteiger partial charge >= 0.3 is 5.97 Å². The highest BCUT2D eigenvalue weighted by atomic mass is 79.9. The summed E-state index contributed by atoms with van der Waals surface area (Å²) in [6.45, 7) is 1.75. The minimum absolute atomic E-state index is 0.0118. The number of carboxylic acids is 1. The second-order valence-electron chi connectivity index (χ2n) is 3.52. The van der Waals surface area contributed by atoms with Crippen LogP contribution >= 0.6 is 27.3 Å². The van der Waals surface area contributed by atoms with E-state index in [9.17, 15) is 13.6 Å². The van der Waals surface area contributed by atoms with Gasteiger partial charge in [0.05, 0.1) is 8.66 Å². The van der Waals surface area contributed by atoms with E-state index in [2.05, 4.69) is 15.9 Å². The van der Waals surface area contributed by atoms with Crippen molar-refractivity contribution >= 4 is 33.2 Å². The second kappa shape index (κ2) is 5.23. The fourth-order valence-corrected chi connectivity index (χ4v) is 2.76. The summed E-state index contributed by atoms with van der Waals surface area (Å²) in [4.78, 5) is 10.2. The van der Waals surface area contributed by atoms with E-state index in [1.807, 2.05) is 0 Å². The standard InChI is InChI=1S/C10H11BrF2O2S/c1-6-5-7(16-9(6)11)10(12,13)4-2-3-8(14)15/h5H,2-4H2,1H3,(H,14,15). The number of aliphatic carboxylic acids is 1. The number of halogens is 3. The molecule has 0 aliphatic heterocycles. The van der Waals surface area contributed by atoms with Gasteiger partial charge in [-0.3, -0.25) is 4.79 Å². The molecule has 0 radical (unpaired) electrons. The molecule has 0 saturated heterocycles. The first kappa shape index (κ1) is 13.6. The molecular weight excluding hydrogens is 302 g/mol. The van der Waals surface area contributed by atoms with E-state index < -0.39 is 18.3 Å². The fourth-order valence-electron chi connectivity index (χ4n) is 1.22. The molecule has 0 saturated carbocycles. The lowest BCUT2D eigenvalue weighted by Crippen LogP contribution is -2.12. The van der Waals surface area contributed by atoms with Crippen molar-refractivity contribution in [2.75, 3.05) is 0 Å². The smallest absolute Gasteiger partial charge is 0.303 e. The first-order valence-electron chi connectivity index (χ1n) is 4.69. The molecule has 1 aromatic rings. The van der Waals surface area contributed by atoms with Crippen molar-refractivity contribution in [1.29, 1.82) is 0 Å². The average molecular weight is 313 g/mol. The van der Waals surface area contributed by atoms with Crippen LogP contribution in [0.25, 0.3) is 0 Å². The predicted molar refractivity (Wildman–Crippen MR) is 62.1 cm³/mol. The Labute approximate surface area is 104 Å². The molecule has 2 nitrogen and oxygen atoms in total. The summed E-state index contributed by atoms with van der Waals surface area (Å²) >= 11 is 4.19. The van der Waals surface area contributed by atoms with E-state index in [1.54, 1.807) is 6.92 Å². The first-order chi connectivity index (χ1) is 7.33. The van der Waals surface area contributed by atoms with E-state index in [1.165, 1.54) is 6.07 Å². The van der Waals surface area contributed by atoms with Crippen LogP contribution in [0.15, 0.2) is 9.85 Å². The Kier molecular flexibility index (Phi) is 4.43. The molecule has 1 N–H and O–H groups in total. The van der Waals surface area contributed by atoms with Crippen LogP contribution in [0.3, 0.4) is 0 Å². The largest absolute Gasteiger partial charge is 0.481 e. The Morgan fingerprint density at radius 1 is 1.62 bits per heavy atom. The zero-order valence-electron chi connectivity index (χ0n) is 8.60. The van der Waals surface area contributed by atoms with Gasteiger partial charge in [0, 0.05) is 12.8 Å². The van der Waals surface area contributed by atoms with Crippen molar-refractivity contribution in [3.05, 3.63) is 20.3 Å². The maximum Gasteiger partial charge on any atom is 0.303 e. The van der Waals surface area contributed by atoms with Crippen LogP contribution in [0.4, 0.5) is 8.78 Å². The topological polar surface area (TPSA) is 37.3 Å². The monoisotopic (exact) mass is 312 g/mol. The zero-order valence-corrected chi connectivity index (χ0v) is 11.0. The van der Waals surface area contributed by atoms with Gasteiger partial charge in [-0.25, -0.2) is 8.78 Å². The summed E-state index contributed by atoms with van der Waals surface area (Å²) in [6.07, 6.45) is -0.663. The maximum absolute atomic E-state index is 13.6. The van der Waals surface area contributed by atoms with Gasteiger partial charge < -0.3 is 5.11 Å². The molecule has 0 aliphatic rings. The lowest BCUT2D eigenvalue weighted by atomic mass is 10.1. The van der Waals surface area contributed by atoms with E-state index >= 15 is 0 Å². The summed E-state index contributed by atoms with van der Waals surface area (Å²) in [7, 11) is 0. The Balaban J connectivity index is 2.66. The molecule has 1 heterocycles. The van der Waals surface area contributed by atoms with Crippen molar-refractivity contribution in [2.24, 2.45) is 0 Å².